The van der Waals surface area contributed by atoms with E-state index >= 15 is 0 Å². The number of allylic oxidation sites excluding steroid dienone is 4. The van der Waals surface area contributed by atoms with Crippen LogP contribution in [0.15, 0.2) is 23.8 Å². The lowest BCUT2D eigenvalue weighted by Gasteiger charge is -2.70. The molecule has 0 amide bonds. The van der Waals surface area contributed by atoms with Crippen molar-refractivity contribution in [3.63, 3.8) is 0 Å². The molecule has 0 N–H and O–H groups in total. The second-order valence-corrected chi connectivity index (χ2v) is 14.8. The molecule has 0 heteroatoms. The maximum atomic E-state index is 2.83. The highest BCUT2D eigenvalue weighted by Gasteiger charge is 2.66. The van der Waals surface area contributed by atoms with Gasteiger partial charge in [-0.3, -0.25) is 0 Å². The Labute approximate surface area is 187 Å². The van der Waals surface area contributed by atoms with Crippen LogP contribution in [0, 0.1) is 50.2 Å². The third kappa shape index (κ3) is 2.58. The maximum absolute atomic E-state index is 2.83. The molecule has 30 heavy (non-hydrogen) atoms. The van der Waals surface area contributed by atoms with Gasteiger partial charge in [0.1, 0.15) is 0 Å². The highest BCUT2D eigenvalue weighted by molar-refractivity contribution is 5.34. The van der Waals surface area contributed by atoms with Gasteiger partial charge in [-0.2, -0.15) is 0 Å². The SMILES string of the molecule is CC1(C)CC[C@]2(C)CC[C@]3(C)C(=CC[C@@H]4[C@]5(C)CC=CC(C)(C)[C@@H]5CC[C@@]43C)[C@H]2C1. The molecule has 5 rings (SSSR count). The lowest BCUT2D eigenvalue weighted by Crippen LogP contribution is -2.62. The molecule has 0 aromatic heterocycles. The zero-order valence-electron chi connectivity index (χ0n) is 21.3. The summed E-state index contributed by atoms with van der Waals surface area (Å²) >= 11 is 0. The minimum atomic E-state index is 0.359. The fraction of sp³-hybridized carbons (Fsp3) is 0.867. The molecular weight excluding hydrogens is 360 g/mol. The van der Waals surface area contributed by atoms with Crippen molar-refractivity contribution in [2.45, 2.75) is 113 Å². The summed E-state index contributed by atoms with van der Waals surface area (Å²) in [7, 11) is 0. The summed E-state index contributed by atoms with van der Waals surface area (Å²) in [5.74, 6) is 2.50. The minimum Gasteiger partial charge on any atom is -0.0874 e. The van der Waals surface area contributed by atoms with Gasteiger partial charge in [-0.05, 0) is 108 Å². The van der Waals surface area contributed by atoms with Crippen LogP contribution in [0.3, 0.4) is 0 Å². The lowest BCUT2D eigenvalue weighted by molar-refractivity contribution is -0.160. The predicted octanol–water partition coefficient (Wildman–Crippen LogP) is 8.97. The van der Waals surface area contributed by atoms with Crippen LogP contribution in [0.2, 0.25) is 0 Å². The van der Waals surface area contributed by atoms with Crippen LogP contribution in [0.5, 0.6) is 0 Å². The van der Waals surface area contributed by atoms with Crippen molar-refractivity contribution >= 4 is 0 Å². The maximum Gasteiger partial charge on any atom is -0.00565 e. The molecule has 0 saturated heterocycles. The van der Waals surface area contributed by atoms with Crippen molar-refractivity contribution in [3.8, 4) is 0 Å². The van der Waals surface area contributed by atoms with Crippen molar-refractivity contribution in [1.82, 2.24) is 0 Å². The van der Waals surface area contributed by atoms with Crippen molar-refractivity contribution in [2.75, 3.05) is 0 Å². The molecule has 0 aromatic rings. The molecule has 5 aliphatic rings. The molecule has 3 saturated carbocycles. The smallest absolute Gasteiger partial charge is 0.00565 e. The van der Waals surface area contributed by atoms with E-state index in [4.69, 9.17) is 0 Å². The van der Waals surface area contributed by atoms with E-state index in [1.807, 2.05) is 5.57 Å². The van der Waals surface area contributed by atoms with Crippen LogP contribution < -0.4 is 0 Å². The first-order valence-electron chi connectivity index (χ1n) is 13.2. The van der Waals surface area contributed by atoms with Crippen LogP contribution in [-0.4, -0.2) is 0 Å². The van der Waals surface area contributed by atoms with E-state index in [1.54, 1.807) is 0 Å². The standard InChI is InChI=1S/C30H48/c1-25(2)16-17-27(5)18-19-29(7)21(22(27)20-25)10-11-24-28(6)14-9-13-26(3,4)23(28)12-15-30(24,29)8/h9-10,13,22-24H,11-12,14-20H2,1-8H3/t22-,23+,24-,27-,28-,29-,30+/m1/s1. The van der Waals surface area contributed by atoms with Gasteiger partial charge < -0.3 is 0 Å². The first kappa shape index (κ1) is 21.3. The Balaban J connectivity index is 1.59. The van der Waals surface area contributed by atoms with Gasteiger partial charge >= 0.3 is 0 Å². The average Bonchev–Trinajstić information content (AvgIpc) is 2.63. The zero-order valence-corrected chi connectivity index (χ0v) is 21.3. The molecule has 0 radical (unpaired) electrons. The molecule has 0 aliphatic heterocycles. The largest absolute Gasteiger partial charge is 0.0874 e. The predicted molar refractivity (Wildman–Crippen MR) is 129 cm³/mol. The Morgan fingerprint density at radius 2 is 1.50 bits per heavy atom. The monoisotopic (exact) mass is 408 g/mol. The molecule has 0 heterocycles. The Hall–Kier alpha value is -0.520. The summed E-state index contributed by atoms with van der Waals surface area (Å²) in [5.41, 5.74) is 4.68. The summed E-state index contributed by atoms with van der Waals surface area (Å²) in [4.78, 5) is 0. The van der Waals surface area contributed by atoms with E-state index in [9.17, 15) is 0 Å². The van der Waals surface area contributed by atoms with E-state index in [1.165, 1.54) is 57.8 Å². The van der Waals surface area contributed by atoms with Crippen molar-refractivity contribution < 1.29 is 0 Å². The average molecular weight is 409 g/mol. The number of fused-ring (bicyclic) bond motifs is 7. The number of hydrogen-bond donors (Lipinski definition) is 0. The fourth-order valence-corrected chi connectivity index (χ4v) is 10.1. The van der Waals surface area contributed by atoms with Gasteiger partial charge in [0.2, 0.25) is 0 Å². The molecule has 5 aliphatic carbocycles. The van der Waals surface area contributed by atoms with E-state index < -0.39 is 0 Å². The highest BCUT2D eigenvalue weighted by atomic mass is 14.7. The van der Waals surface area contributed by atoms with Crippen molar-refractivity contribution in [2.24, 2.45) is 50.2 Å². The van der Waals surface area contributed by atoms with Gasteiger partial charge in [-0.1, -0.05) is 79.2 Å². The summed E-state index contributed by atoms with van der Waals surface area (Å²) in [5, 5.41) is 0. The van der Waals surface area contributed by atoms with Crippen LogP contribution in [0.25, 0.3) is 0 Å². The fourth-order valence-electron chi connectivity index (χ4n) is 10.1. The number of rotatable bonds is 0. The first-order valence-corrected chi connectivity index (χ1v) is 13.2. The Kier molecular flexibility index (Phi) is 4.32. The van der Waals surface area contributed by atoms with E-state index in [0.29, 0.717) is 32.5 Å². The molecule has 0 unspecified atom stereocenters. The second-order valence-electron chi connectivity index (χ2n) is 14.8. The van der Waals surface area contributed by atoms with Gasteiger partial charge in [-0.15, -0.1) is 0 Å². The van der Waals surface area contributed by atoms with Crippen LogP contribution in [0.1, 0.15) is 113 Å². The highest BCUT2D eigenvalue weighted by Crippen LogP contribution is 2.75. The molecule has 0 nitrogen and oxygen atoms in total. The molecule has 0 spiro atoms. The molecule has 3 fully saturated rings. The summed E-state index contributed by atoms with van der Waals surface area (Å²) in [6.07, 6.45) is 20.6. The lowest BCUT2D eigenvalue weighted by atomic mass is 9.34. The van der Waals surface area contributed by atoms with Crippen LogP contribution in [-0.2, 0) is 0 Å². The van der Waals surface area contributed by atoms with E-state index in [2.05, 4.69) is 73.6 Å². The molecule has 0 aromatic carbocycles. The van der Waals surface area contributed by atoms with Gasteiger partial charge in [-0.25, -0.2) is 0 Å². The van der Waals surface area contributed by atoms with Crippen molar-refractivity contribution in [1.29, 1.82) is 0 Å². The van der Waals surface area contributed by atoms with Gasteiger partial charge in [0.15, 0.2) is 0 Å². The first-order chi connectivity index (χ1) is 13.8. The normalized spacial score (nSPS) is 53.6. The minimum absolute atomic E-state index is 0.359. The van der Waals surface area contributed by atoms with Crippen LogP contribution in [0.4, 0.5) is 0 Å². The third-order valence-electron chi connectivity index (χ3n) is 12.3. The molecule has 0 bridgehead atoms. The third-order valence-corrected chi connectivity index (χ3v) is 12.3. The molecule has 7 atom stereocenters. The van der Waals surface area contributed by atoms with Crippen LogP contribution >= 0.6 is 0 Å². The summed E-state index contributed by atoms with van der Waals surface area (Å²) in [6.45, 7) is 20.9. The summed E-state index contributed by atoms with van der Waals surface area (Å²) in [6, 6.07) is 0. The Morgan fingerprint density at radius 1 is 0.800 bits per heavy atom. The zero-order chi connectivity index (χ0) is 21.8. The molecular formula is C30H48. The Bertz CT molecular complexity index is 795. The van der Waals surface area contributed by atoms with E-state index in [-0.39, 0.29) is 0 Å². The summed E-state index contributed by atoms with van der Waals surface area (Å²) < 4.78 is 0. The topological polar surface area (TPSA) is 0 Å². The number of hydrogen-bond acceptors (Lipinski definition) is 0. The Morgan fingerprint density at radius 3 is 2.23 bits per heavy atom. The van der Waals surface area contributed by atoms with Gasteiger partial charge in [0.05, 0.1) is 0 Å². The van der Waals surface area contributed by atoms with Crippen molar-refractivity contribution in [3.05, 3.63) is 23.8 Å². The quantitative estimate of drug-likeness (QED) is 0.351. The van der Waals surface area contributed by atoms with Gasteiger partial charge in [0.25, 0.3) is 0 Å². The van der Waals surface area contributed by atoms with Gasteiger partial charge in [0, 0.05) is 0 Å². The second kappa shape index (κ2) is 6.08. The molecule has 168 valence electrons. The van der Waals surface area contributed by atoms with E-state index in [0.717, 1.165) is 17.8 Å².